The predicted molar refractivity (Wildman–Crippen MR) is 74.8 cm³/mol. The molecule has 0 bridgehead atoms. The van der Waals surface area contributed by atoms with Gasteiger partial charge in [0.05, 0.1) is 19.3 Å². The molecule has 5 heteroatoms. The highest BCUT2D eigenvalue weighted by Crippen LogP contribution is 2.19. The highest BCUT2D eigenvalue weighted by Gasteiger charge is 2.15. The van der Waals surface area contributed by atoms with Crippen LogP contribution >= 0.6 is 0 Å². The van der Waals surface area contributed by atoms with Gasteiger partial charge in [-0.3, -0.25) is 4.79 Å². The molecule has 0 spiro atoms. The number of nitrogens with one attached hydrogen (secondary N) is 1. The quantitative estimate of drug-likeness (QED) is 0.640. The summed E-state index contributed by atoms with van der Waals surface area (Å²) in [6, 6.07) is 7.14. The van der Waals surface area contributed by atoms with Crippen molar-refractivity contribution in [2.24, 2.45) is 0 Å². The second kappa shape index (κ2) is 7.76. The number of benzene rings is 1. The van der Waals surface area contributed by atoms with E-state index >= 15 is 0 Å². The minimum Gasteiger partial charge on any atom is -0.399 e. The van der Waals surface area contributed by atoms with Gasteiger partial charge >= 0.3 is 0 Å². The Labute approximate surface area is 113 Å². The number of rotatable bonds is 7. The fraction of sp³-hybridized carbons (Fsp3) is 0.500. The number of anilines is 1. The third-order valence-corrected chi connectivity index (χ3v) is 2.95. The van der Waals surface area contributed by atoms with Crippen LogP contribution in [0.4, 0.5) is 5.69 Å². The first kappa shape index (κ1) is 15.5. The molecule has 0 aliphatic heterocycles. The van der Waals surface area contributed by atoms with E-state index in [0.29, 0.717) is 18.7 Å². The Morgan fingerprint density at radius 1 is 1.42 bits per heavy atom. The molecule has 0 radical (unpaired) electrons. The number of nitrogen functional groups attached to an aromatic ring is 1. The van der Waals surface area contributed by atoms with E-state index in [1.54, 1.807) is 0 Å². The fourth-order valence-electron chi connectivity index (χ4n) is 1.85. The summed E-state index contributed by atoms with van der Waals surface area (Å²) in [7, 11) is 1.53. The smallest absolute Gasteiger partial charge is 0.220 e. The first-order chi connectivity index (χ1) is 9.06. The van der Waals surface area contributed by atoms with Crippen LogP contribution in [0.15, 0.2) is 24.3 Å². The summed E-state index contributed by atoms with van der Waals surface area (Å²) in [4.78, 5) is 11.8. The lowest BCUT2D eigenvalue weighted by Crippen LogP contribution is -2.40. The van der Waals surface area contributed by atoms with Gasteiger partial charge in [-0.2, -0.15) is 0 Å². The molecule has 0 saturated carbocycles. The highest BCUT2D eigenvalue weighted by molar-refractivity contribution is 5.77. The van der Waals surface area contributed by atoms with Gasteiger partial charge in [0.25, 0.3) is 0 Å². The van der Waals surface area contributed by atoms with Crippen LogP contribution in [0, 0.1) is 0 Å². The Balaban J connectivity index is 2.49. The molecule has 0 aromatic heterocycles. The summed E-state index contributed by atoms with van der Waals surface area (Å²) in [5, 5.41) is 11.8. The van der Waals surface area contributed by atoms with Crippen molar-refractivity contribution in [3.05, 3.63) is 29.8 Å². The van der Waals surface area contributed by atoms with Crippen molar-refractivity contribution < 1.29 is 14.6 Å². The van der Waals surface area contributed by atoms with E-state index in [1.807, 2.05) is 31.2 Å². The first-order valence-corrected chi connectivity index (χ1v) is 6.31. The molecule has 0 aliphatic rings. The molecule has 0 fully saturated rings. The van der Waals surface area contributed by atoms with Crippen molar-refractivity contribution >= 4 is 11.6 Å². The Morgan fingerprint density at radius 2 is 2.05 bits per heavy atom. The van der Waals surface area contributed by atoms with Gasteiger partial charge in [0.15, 0.2) is 0 Å². The Hall–Kier alpha value is -1.59. The SMILES string of the molecule is COCC(CO)NC(=O)CC(C)c1ccc(N)cc1. The first-order valence-electron chi connectivity index (χ1n) is 6.31. The van der Waals surface area contributed by atoms with E-state index in [-0.39, 0.29) is 24.5 Å². The van der Waals surface area contributed by atoms with Gasteiger partial charge in [0.2, 0.25) is 5.91 Å². The van der Waals surface area contributed by atoms with Gasteiger partial charge in [-0.05, 0) is 23.6 Å². The van der Waals surface area contributed by atoms with Crippen LogP contribution in [-0.2, 0) is 9.53 Å². The molecule has 1 aromatic carbocycles. The van der Waals surface area contributed by atoms with Gasteiger partial charge in [0.1, 0.15) is 0 Å². The molecule has 2 atom stereocenters. The third kappa shape index (κ3) is 5.28. The van der Waals surface area contributed by atoms with E-state index in [9.17, 15) is 4.79 Å². The van der Waals surface area contributed by atoms with E-state index in [0.717, 1.165) is 5.56 Å². The van der Waals surface area contributed by atoms with Crippen LogP contribution in [0.5, 0.6) is 0 Å². The molecular formula is C14H22N2O3. The topological polar surface area (TPSA) is 84.6 Å². The van der Waals surface area contributed by atoms with Gasteiger partial charge in [-0.15, -0.1) is 0 Å². The summed E-state index contributed by atoms with van der Waals surface area (Å²) in [5.74, 6) is 0.00270. The van der Waals surface area contributed by atoms with Crippen LogP contribution in [0.25, 0.3) is 0 Å². The summed E-state index contributed by atoms with van der Waals surface area (Å²) >= 11 is 0. The second-order valence-electron chi connectivity index (χ2n) is 4.67. The summed E-state index contributed by atoms with van der Waals surface area (Å²) in [6.07, 6.45) is 0.365. The average molecular weight is 266 g/mol. The summed E-state index contributed by atoms with van der Waals surface area (Å²) < 4.78 is 4.91. The maximum Gasteiger partial charge on any atom is 0.220 e. The number of nitrogens with two attached hydrogens (primary N) is 1. The van der Waals surface area contributed by atoms with Crippen molar-refractivity contribution in [1.29, 1.82) is 0 Å². The lowest BCUT2D eigenvalue weighted by molar-refractivity contribution is -0.122. The Kier molecular flexibility index (Phi) is 6.32. The third-order valence-electron chi connectivity index (χ3n) is 2.95. The normalized spacial score (nSPS) is 13.8. The number of amides is 1. The maximum atomic E-state index is 11.8. The molecular weight excluding hydrogens is 244 g/mol. The molecule has 0 aliphatic carbocycles. The molecule has 1 amide bonds. The summed E-state index contributed by atoms with van der Waals surface area (Å²) in [5.41, 5.74) is 7.40. The minimum atomic E-state index is -0.351. The molecule has 5 nitrogen and oxygen atoms in total. The molecule has 0 saturated heterocycles. The number of carbonyl (C=O) groups is 1. The van der Waals surface area contributed by atoms with Crippen LogP contribution in [-0.4, -0.2) is 37.4 Å². The van der Waals surface area contributed by atoms with Crippen LogP contribution < -0.4 is 11.1 Å². The fourth-order valence-corrected chi connectivity index (χ4v) is 1.85. The lowest BCUT2D eigenvalue weighted by atomic mass is 9.97. The molecule has 0 heterocycles. The van der Waals surface area contributed by atoms with Crippen molar-refractivity contribution in [3.8, 4) is 0 Å². The van der Waals surface area contributed by atoms with E-state index in [2.05, 4.69) is 5.32 Å². The summed E-state index contributed by atoms with van der Waals surface area (Å²) in [6.45, 7) is 2.16. The number of methoxy groups -OCH3 is 1. The monoisotopic (exact) mass is 266 g/mol. The zero-order chi connectivity index (χ0) is 14.3. The van der Waals surface area contributed by atoms with Gasteiger partial charge in [-0.1, -0.05) is 19.1 Å². The molecule has 19 heavy (non-hydrogen) atoms. The molecule has 4 N–H and O–H groups in total. The molecule has 2 unspecified atom stereocenters. The predicted octanol–water partition coefficient (Wildman–Crippen LogP) is 0.886. The van der Waals surface area contributed by atoms with Crippen molar-refractivity contribution in [3.63, 3.8) is 0 Å². The lowest BCUT2D eigenvalue weighted by Gasteiger charge is -2.17. The van der Waals surface area contributed by atoms with Crippen molar-refractivity contribution in [2.75, 3.05) is 26.1 Å². The van der Waals surface area contributed by atoms with Crippen LogP contribution in [0.2, 0.25) is 0 Å². The van der Waals surface area contributed by atoms with E-state index in [4.69, 9.17) is 15.6 Å². The second-order valence-corrected chi connectivity index (χ2v) is 4.67. The number of aliphatic hydroxyl groups excluding tert-OH is 1. The number of ether oxygens (including phenoxy) is 1. The van der Waals surface area contributed by atoms with E-state index < -0.39 is 0 Å². The zero-order valence-electron chi connectivity index (χ0n) is 11.4. The highest BCUT2D eigenvalue weighted by atomic mass is 16.5. The molecule has 1 rings (SSSR count). The standard InChI is InChI=1S/C14H22N2O3/c1-10(11-3-5-12(15)6-4-11)7-14(18)16-13(8-17)9-19-2/h3-6,10,13,17H,7-9,15H2,1-2H3,(H,16,18). The molecule has 1 aromatic rings. The average Bonchev–Trinajstić information content (AvgIpc) is 2.38. The maximum absolute atomic E-state index is 11.8. The number of aliphatic hydroxyl groups is 1. The number of hydrogen-bond acceptors (Lipinski definition) is 4. The Bertz CT molecular complexity index is 392. The van der Waals surface area contributed by atoms with Gasteiger partial charge in [-0.25, -0.2) is 0 Å². The van der Waals surface area contributed by atoms with Crippen LogP contribution in [0.1, 0.15) is 24.8 Å². The molecule has 106 valence electrons. The minimum absolute atomic E-state index is 0.0968. The van der Waals surface area contributed by atoms with Crippen LogP contribution in [0.3, 0.4) is 0 Å². The van der Waals surface area contributed by atoms with E-state index in [1.165, 1.54) is 7.11 Å². The van der Waals surface area contributed by atoms with Crippen molar-refractivity contribution in [2.45, 2.75) is 25.3 Å². The van der Waals surface area contributed by atoms with Gasteiger partial charge in [0, 0.05) is 19.2 Å². The number of carbonyl (C=O) groups excluding carboxylic acids is 1. The largest absolute Gasteiger partial charge is 0.399 e. The zero-order valence-corrected chi connectivity index (χ0v) is 11.4. The van der Waals surface area contributed by atoms with Crippen molar-refractivity contribution in [1.82, 2.24) is 5.32 Å². The van der Waals surface area contributed by atoms with Gasteiger partial charge < -0.3 is 20.9 Å². The Morgan fingerprint density at radius 3 is 2.58 bits per heavy atom. The number of hydrogen-bond donors (Lipinski definition) is 3.